The third-order valence-electron chi connectivity index (χ3n) is 4.04. The van der Waals surface area contributed by atoms with Gasteiger partial charge in [-0.1, -0.05) is 0 Å². The first-order valence-electron chi connectivity index (χ1n) is 6.14. The maximum atomic E-state index is 3.33. The number of likely N-dealkylation sites (N-methyl/N-ethyl adjacent to an activating group) is 3. The molecular formula is C12H27N3. The van der Waals surface area contributed by atoms with Crippen LogP contribution in [0.25, 0.3) is 0 Å². The van der Waals surface area contributed by atoms with Crippen LogP contribution in [0.5, 0.6) is 0 Å². The average Bonchev–Trinajstić information content (AvgIpc) is 2.62. The number of likely N-dealkylation sites (tertiary alicyclic amines) is 1. The van der Waals surface area contributed by atoms with Crippen LogP contribution in [0.4, 0.5) is 0 Å². The summed E-state index contributed by atoms with van der Waals surface area (Å²) in [6.45, 7) is 7.02. The number of nitrogens with zero attached hydrogens (tertiary/aromatic N) is 2. The van der Waals surface area contributed by atoms with Crippen LogP contribution < -0.4 is 5.32 Å². The van der Waals surface area contributed by atoms with Gasteiger partial charge in [0.05, 0.1) is 0 Å². The summed E-state index contributed by atoms with van der Waals surface area (Å²) in [4.78, 5) is 4.97. The van der Waals surface area contributed by atoms with E-state index in [0.717, 1.165) is 6.04 Å². The molecule has 0 radical (unpaired) electrons. The molecule has 1 aliphatic rings. The molecule has 3 atom stereocenters. The Kier molecular flexibility index (Phi) is 5.03. The predicted octanol–water partition coefficient (Wildman–Crippen LogP) is 1.01. The summed E-state index contributed by atoms with van der Waals surface area (Å²) >= 11 is 0. The molecule has 1 aliphatic heterocycles. The molecule has 1 heterocycles. The quantitative estimate of drug-likeness (QED) is 0.735. The topological polar surface area (TPSA) is 18.5 Å². The highest BCUT2D eigenvalue weighted by molar-refractivity contribution is 4.82. The van der Waals surface area contributed by atoms with E-state index in [2.05, 4.69) is 43.1 Å². The summed E-state index contributed by atoms with van der Waals surface area (Å²) in [7, 11) is 6.53. The third kappa shape index (κ3) is 3.44. The minimum absolute atomic E-state index is 0.557. The van der Waals surface area contributed by atoms with E-state index in [1.54, 1.807) is 0 Å². The van der Waals surface area contributed by atoms with Crippen molar-refractivity contribution in [1.29, 1.82) is 0 Å². The number of hydrogen-bond donors (Lipinski definition) is 1. The van der Waals surface area contributed by atoms with Crippen LogP contribution >= 0.6 is 0 Å². The summed E-state index contributed by atoms with van der Waals surface area (Å²) in [5.41, 5.74) is 0. The molecule has 1 saturated heterocycles. The highest BCUT2D eigenvalue weighted by Gasteiger charge is 2.24. The lowest BCUT2D eigenvalue weighted by Crippen LogP contribution is -2.48. The van der Waals surface area contributed by atoms with Crippen LogP contribution in [0.1, 0.15) is 26.7 Å². The van der Waals surface area contributed by atoms with Crippen molar-refractivity contribution in [3.8, 4) is 0 Å². The first-order valence-corrected chi connectivity index (χ1v) is 6.14. The van der Waals surface area contributed by atoms with Gasteiger partial charge in [-0.25, -0.2) is 0 Å². The fourth-order valence-corrected chi connectivity index (χ4v) is 2.33. The predicted molar refractivity (Wildman–Crippen MR) is 66.3 cm³/mol. The standard InChI is InChI=1S/C12H27N3/c1-10(13-3)11(2)15(5)9-12-7-6-8-14(12)4/h10-13H,6-9H2,1-5H3. The Morgan fingerprint density at radius 1 is 1.47 bits per heavy atom. The Balaban J connectivity index is 2.37. The zero-order valence-corrected chi connectivity index (χ0v) is 11.0. The van der Waals surface area contributed by atoms with E-state index >= 15 is 0 Å². The molecule has 0 aromatic heterocycles. The van der Waals surface area contributed by atoms with Gasteiger partial charge in [0.15, 0.2) is 0 Å². The van der Waals surface area contributed by atoms with Gasteiger partial charge in [0, 0.05) is 24.7 Å². The molecule has 1 rings (SSSR count). The van der Waals surface area contributed by atoms with Crippen molar-refractivity contribution in [3.63, 3.8) is 0 Å². The van der Waals surface area contributed by atoms with E-state index in [1.165, 1.54) is 25.9 Å². The zero-order valence-electron chi connectivity index (χ0n) is 11.0. The van der Waals surface area contributed by atoms with E-state index in [0.29, 0.717) is 12.1 Å². The van der Waals surface area contributed by atoms with Crippen molar-refractivity contribution in [3.05, 3.63) is 0 Å². The van der Waals surface area contributed by atoms with Gasteiger partial charge in [0.25, 0.3) is 0 Å². The van der Waals surface area contributed by atoms with Gasteiger partial charge in [-0.2, -0.15) is 0 Å². The van der Waals surface area contributed by atoms with Gasteiger partial charge in [-0.15, -0.1) is 0 Å². The summed E-state index contributed by atoms with van der Waals surface area (Å²) in [5, 5.41) is 3.33. The second kappa shape index (κ2) is 5.83. The Morgan fingerprint density at radius 2 is 2.13 bits per heavy atom. The van der Waals surface area contributed by atoms with Crippen LogP contribution in [-0.2, 0) is 0 Å². The number of hydrogen-bond acceptors (Lipinski definition) is 3. The van der Waals surface area contributed by atoms with Crippen molar-refractivity contribution >= 4 is 0 Å². The molecule has 0 spiro atoms. The second-order valence-electron chi connectivity index (χ2n) is 5.03. The lowest BCUT2D eigenvalue weighted by molar-refractivity contribution is 0.164. The SMILES string of the molecule is CNC(C)C(C)N(C)CC1CCCN1C. The molecule has 0 aliphatic carbocycles. The molecule has 1 N–H and O–H groups in total. The first-order chi connectivity index (χ1) is 7.06. The van der Waals surface area contributed by atoms with E-state index in [9.17, 15) is 0 Å². The third-order valence-corrected chi connectivity index (χ3v) is 4.04. The van der Waals surface area contributed by atoms with Gasteiger partial charge in [0.2, 0.25) is 0 Å². The highest BCUT2D eigenvalue weighted by Crippen LogP contribution is 2.16. The van der Waals surface area contributed by atoms with Crippen LogP contribution in [0.3, 0.4) is 0 Å². The Morgan fingerprint density at radius 3 is 2.60 bits per heavy atom. The van der Waals surface area contributed by atoms with Gasteiger partial charge in [0.1, 0.15) is 0 Å². The Labute approximate surface area is 94.8 Å². The normalized spacial score (nSPS) is 27.2. The summed E-state index contributed by atoms with van der Waals surface area (Å²) < 4.78 is 0. The second-order valence-corrected chi connectivity index (χ2v) is 5.03. The molecule has 90 valence electrons. The van der Waals surface area contributed by atoms with E-state index in [-0.39, 0.29) is 0 Å². The molecule has 3 heteroatoms. The number of nitrogens with one attached hydrogen (secondary N) is 1. The lowest BCUT2D eigenvalue weighted by Gasteiger charge is -2.33. The summed E-state index contributed by atoms with van der Waals surface area (Å²) in [6, 6.07) is 1.92. The average molecular weight is 213 g/mol. The molecule has 0 saturated carbocycles. The molecule has 1 fully saturated rings. The van der Waals surface area contributed by atoms with E-state index in [4.69, 9.17) is 0 Å². The minimum atomic E-state index is 0.557. The van der Waals surface area contributed by atoms with Crippen molar-refractivity contribution in [1.82, 2.24) is 15.1 Å². The van der Waals surface area contributed by atoms with Crippen molar-refractivity contribution in [2.24, 2.45) is 0 Å². The van der Waals surface area contributed by atoms with Crippen LogP contribution in [0, 0.1) is 0 Å². The lowest BCUT2D eigenvalue weighted by atomic mass is 10.1. The van der Waals surface area contributed by atoms with Crippen molar-refractivity contribution in [2.45, 2.75) is 44.8 Å². The smallest absolute Gasteiger partial charge is 0.0220 e. The number of rotatable bonds is 5. The Bertz CT molecular complexity index is 184. The summed E-state index contributed by atoms with van der Waals surface area (Å²) in [5.74, 6) is 0. The molecule has 15 heavy (non-hydrogen) atoms. The largest absolute Gasteiger partial charge is 0.316 e. The highest BCUT2D eigenvalue weighted by atomic mass is 15.2. The molecule has 3 nitrogen and oxygen atoms in total. The molecular weight excluding hydrogens is 186 g/mol. The van der Waals surface area contributed by atoms with Crippen LogP contribution in [-0.4, -0.2) is 62.2 Å². The van der Waals surface area contributed by atoms with Crippen molar-refractivity contribution < 1.29 is 0 Å². The van der Waals surface area contributed by atoms with E-state index < -0.39 is 0 Å². The fraction of sp³-hybridized carbons (Fsp3) is 1.00. The van der Waals surface area contributed by atoms with Gasteiger partial charge < -0.3 is 15.1 Å². The van der Waals surface area contributed by atoms with Crippen LogP contribution in [0.2, 0.25) is 0 Å². The monoisotopic (exact) mass is 213 g/mol. The van der Waals surface area contributed by atoms with Gasteiger partial charge >= 0.3 is 0 Å². The maximum absolute atomic E-state index is 3.33. The molecule has 0 aromatic carbocycles. The zero-order chi connectivity index (χ0) is 11.4. The molecule has 0 bridgehead atoms. The van der Waals surface area contributed by atoms with Gasteiger partial charge in [-0.05, 0) is 54.4 Å². The van der Waals surface area contributed by atoms with Crippen molar-refractivity contribution in [2.75, 3.05) is 34.2 Å². The molecule has 0 aromatic rings. The minimum Gasteiger partial charge on any atom is -0.316 e. The fourth-order valence-electron chi connectivity index (χ4n) is 2.33. The Hall–Kier alpha value is -0.120. The molecule has 0 amide bonds. The van der Waals surface area contributed by atoms with Crippen LogP contribution in [0.15, 0.2) is 0 Å². The first kappa shape index (κ1) is 12.9. The summed E-state index contributed by atoms with van der Waals surface area (Å²) in [6.07, 6.45) is 2.73. The van der Waals surface area contributed by atoms with E-state index in [1.807, 2.05) is 7.05 Å². The maximum Gasteiger partial charge on any atom is 0.0220 e. The molecule has 3 unspecified atom stereocenters. The van der Waals surface area contributed by atoms with Gasteiger partial charge in [-0.3, -0.25) is 0 Å².